The molecule has 0 spiro atoms. The number of hydrogen-bond donors (Lipinski definition) is 1. The number of benzene rings is 3. The fourth-order valence-electron chi connectivity index (χ4n) is 3.44. The van der Waals surface area contributed by atoms with Crippen molar-refractivity contribution in [1.82, 2.24) is 15.1 Å². The van der Waals surface area contributed by atoms with Crippen molar-refractivity contribution in [2.45, 2.75) is 26.4 Å². The van der Waals surface area contributed by atoms with E-state index in [4.69, 9.17) is 5.10 Å². The number of para-hydroxylation sites is 1. The Morgan fingerprint density at radius 2 is 1.64 bits per heavy atom. The number of fused-ring (bicyclic) bond motifs is 1. The monoisotopic (exact) mass is 369 g/mol. The van der Waals surface area contributed by atoms with Crippen molar-refractivity contribution in [1.29, 1.82) is 0 Å². The standard InChI is InChI=1S/C24H23N3O/c1-17-10-6-7-13-20(17)16-25-24(28)18(2)27-22-15-9-8-14-21(22)23(26-27)19-11-4-3-5-12-19/h3-15,18H,16H2,1-2H3,(H,25,28)/t18-/m1/s1. The summed E-state index contributed by atoms with van der Waals surface area (Å²) in [6, 6.07) is 25.8. The van der Waals surface area contributed by atoms with Crippen LogP contribution >= 0.6 is 0 Å². The van der Waals surface area contributed by atoms with E-state index in [1.165, 1.54) is 5.56 Å². The smallest absolute Gasteiger partial charge is 0.244 e. The van der Waals surface area contributed by atoms with Gasteiger partial charge in [-0.3, -0.25) is 9.48 Å². The van der Waals surface area contributed by atoms with Crippen LogP contribution in [-0.2, 0) is 11.3 Å². The molecule has 1 atom stereocenters. The summed E-state index contributed by atoms with van der Waals surface area (Å²) in [5, 5.41) is 8.91. The number of nitrogens with one attached hydrogen (secondary N) is 1. The van der Waals surface area contributed by atoms with Gasteiger partial charge in [-0.1, -0.05) is 72.8 Å². The summed E-state index contributed by atoms with van der Waals surface area (Å²) < 4.78 is 1.82. The minimum absolute atomic E-state index is 0.0453. The number of hydrogen-bond acceptors (Lipinski definition) is 2. The van der Waals surface area contributed by atoms with Gasteiger partial charge in [-0.15, -0.1) is 0 Å². The van der Waals surface area contributed by atoms with Crippen LogP contribution in [0, 0.1) is 6.92 Å². The van der Waals surface area contributed by atoms with Crippen LogP contribution in [0.25, 0.3) is 22.2 Å². The summed E-state index contributed by atoms with van der Waals surface area (Å²) in [7, 11) is 0. The van der Waals surface area contributed by atoms with E-state index in [9.17, 15) is 4.79 Å². The van der Waals surface area contributed by atoms with E-state index in [2.05, 4.69) is 24.4 Å². The molecule has 3 aromatic carbocycles. The number of aryl methyl sites for hydroxylation is 1. The van der Waals surface area contributed by atoms with Gasteiger partial charge in [0.25, 0.3) is 0 Å². The SMILES string of the molecule is Cc1ccccc1CNC(=O)[C@@H](C)n1nc(-c2ccccc2)c2ccccc21. The summed E-state index contributed by atoms with van der Waals surface area (Å²) in [5.41, 5.74) is 5.20. The van der Waals surface area contributed by atoms with Gasteiger partial charge in [0.2, 0.25) is 5.91 Å². The molecule has 0 radical (unpaired) electrons. The molecular weight excluding hydrogens is 346 g/mol. The van der Waals surface area contributed by atoms with Crippen molar-refractivity contribution in [3.63, 3.8) is 0 Å². The predicted octanol–water partition coefficient (Wildman–Crippen LogP) is 4.89. The topological polar surface area (TPSA) is 46.9 Å². The molecule has 4 rings (SSSR count). The van der Waals surface area contributed by atoms with Crippen LogP contribution in [0.15, 0.2) is 78.9 Å². The average molecular weight is 369 g/mol. The van der Waals surface area contributed by atoms with E-state index >= 15 is 0 Å². The van der Waals surface area contributed by atoms with Gasteiger partial charge in [0.15, 0.2) is 0 Å². The van der Waals surface area contributed by atoms with E-state index in [0.717, 1.165) is 27.7 Å². The Labute approximate surface area is 164 Å². The average Bonchev–Trinajstić information content (AvgIpc) is 3.13. The van der Waals surface area contributed by atoms with Crippen molar-refractivity contribution < 1.29 is 4.79 Å². The Balaban J connectivity index is 1.63. The quantitative estimate of drug-likeness (QED) is 0.544. The second-order valence-electron chi connectivity index (χ2n) is 7.00. The third-order valence-electron chi connectivity index (χ3n) is 5.12. The Kier molecular flexibility index (Phi) is 4.94. The largest absolute Gasteiger partial charge is 0.350 e. The minimum Gasteiger partial charge on any atom is -0.350 e. The molecule has 0 saturated heterocycles. The van der Waals surface area contributed by atoms with Gasteiger partial charge < -0.3 is 5.32 Å². The summed E-state index contributed by atoms with van der Waals surface area (Å²) in [4.78, 5) is 12.8. The lowest BCUT2D eigenvalue weighted by molar-refractivity contribution is -0.124. The molecule has 0 saturated carbocycles. The number of carbonyl (C=O) groups excluding carboxylic acids is 1. The van der Waals surface area contributed by atoms with Gasteiger partial charge in [-0.25, -0.2) is 0 Å². The molecule has 0 fully saturated rings. The second kappa shape index (κ2) is 7.69. The molecule has 140 valence electrons. The molecule has 1 amide bonds. The van der Waals surface area contributed by atoms with Crippen LogP contribution in [0.3, 0.4) is 0 Å². The summed E-state index contributed by atoms with van der Waals surface area (Å²) in [5.74, 6) is -0.0453. The van der Waals surface area contributed by atoms with Crippen molar-refractivity contribution in [2.24, 2.45) is 0 Å². The van der Waals surface area contributed by atoms with Crippen molar-refractivity contribution >= 4 is 16.8 Å². The zero-order valence-corrected chi connectivity index (χ0v) is 16.1. The molecule has 4 nitrogen and oxygen atoms in total. The maximum Gasteiger partial charge on any atom is 0.244 e. The van der Waals surface area contributed by atoms with Crippen LogP contribution in [0.2, 0.25) is 0 Å². The van der Waals surface area contributed by atoms with Gasteiger partial charge in [0, 0.05) is 17.5 Å². The van der Waals surface area contributed by atoms with Crippen LogP contribution in [0.4, 0.5) is 0 Å². The normalized spacial score (nSPS) is 12.1. The van der Waals surface area contributed by atoms with Gasteiger partial charge in [-0.05, 0) is 31.0 Å². The van der Waals surface area contributed by atoms with Gasteiger partial charge >= 0.3 is 0 Å². The Morgan fingerprint density at radius 1 is 0.964 bits per heavy atom. The lowest BCUT2D eigenvalue weighted by Gasteiger charge is -2.14. The fraction of sp³-hybridized carbons (Fsp3) is 0.167. The molecule has 4 aromatic rings. The molecule has 1 N–H and O–H groups in total. The first-order chi connectivity index (χ1) is 13.6. The summed E-state index contributed by atoms with van der Waals surface area (Å²) >= 11 is 0. The first-order valence-corrected chi connectivity index (χ1v) is 9.50. The van der Waals surface area contributed by atoms with Crippen LogP contribution in [0.1, 0.15) is 24.1 Å². The van der Waals surface area contributed by atoms with E-state index < -0.39 is 6.04 Å². The Hall–Kier alpha value is -3.40. The first kappa shape index (κ1) is 18.0. The maximum atomic E-state index is 12.8. The minimum atomic E-state index is -0.411. The number of amides is 1. The molecule has 0 aliphatic heterocycles. The zero-order chi connectivity index (χ0) is 19.5. The molecule has 0 unspecified atom stereocenters. The van der Waals surface area contributed by atoms with Gasteiger partial charge in [0.1, 0.15) is 11.7 Å². The van der Waals surface area contributed by atoms with E-state index in [1.807, 2.05) is 78.3 Å². The molecule has 0 aliphatic carbocycles. The van der Waals surface area contributed by atoms with E-state index in [1.54, 1.807) is 0 Å². The summed E-state index contributed by atoms with van der Waals surface area (Å²) in [6.07, 6.45) is 0. The zero-order valence-electron chi connectivity index (χ0n) is 16.1. The molecule has 0 bridgehead atoms. The highest BCUT2D eigenvalue weighted by molar-refractivity contribution is 5.94. The summed E-state index contributed by atoms with van der Waals surface area (Å²) in [6.45, 7) is 4.46. The van der Waals surface area contributed by atoms with Crippen LogP contribution in [0.5, 0.6) is 0 Å². The van der Waals surface area contributed by atoms with Gasteiger partial charge in [-0.2, -0.15) is 5.10 Å². The van der Waals surface area contributed by atoms with Crippen molar-refractivity contribution in [3.05, 3.63) is 90.0 Å². The van der Waals surface area contributed by atoms with Crippen LogP contribution < -0.4 is 5.32 Å². The predicted molar refractivity (Wildman–Crippen MR) is 113 cm³/mol. The second-order valence-corrected chi connectivity index (χ2v) is 7.00. The molecular formula is C24H23N3O. The molecule has 0 aliphatic rings. The molecule has 1 heterocycles. The third-order valence-corrected chi connectivity index (χ3v) is 5.12. The van der Waals surface area contributed by atoms with Gasteiger partial charge in [0.05, 0.1) is 5.52 Å². The molecule has 1 aromatic heterocycles. The Bertz CT molecular complexity index is 1120. The number of nitrogens with zero attached hydrogens (tertiary/aromatic N) is 2. The highest BCUT2D eigenvalue weighted by Crippen LogP contribution is 2.29. The third kappa shape index (κ3) is 3.41. The first-order valence-electron chi connectivity index (χ1n) is 9.50. The molecule has 28 heavy (non-hydrogen) atoms. The lowest BCUT2D eigenvalue weighted by Crippen LogP contribution is -2.31. The molecule has 4 heteroatoms. The maximum absolute atomic E-state index is 12.8. The highest BCUT2D eigenvalue weighted by atomic mass is 16.2. The number of rotatable bonds is 5. The highest BCUT2D eigenvalue weighted by Gasteiger charge is 2.20. The number of aromatic nitrogens is 2. The van der Waals surface area contributed by atoms with Crippen LogP contribution in [-0.4, -0.2) is 15.7 Å². The van der Waals surface area contributed by atoms with E-state index in [-0.39, 0.29) is 5.91 Å². The Morgan fingerprint density at radius 3 is 2.43 bits per heavy atom. The lowest BCUT2D eigenvalue weighted by atomic mass is 10.1. The van der Waals surface area contributed by atoms with Crippen molar-refractivity contribution in [3.8, 4) is 11.3 Å². The number of carbonyl (C=O) groups is 1. The van der Waals surface area contributed by atoms with E-state index in [0.29, 0.717) is 6.54 Å². The fourth-order valence-corrected chi connectivity index (χ4v) is 3.44. The van der Waals surface area contributed by atoms with Crippen molar-refractivity contribution in [2.75, 3.05) is 0 Å².